The zero-order valence-corrected chi connectivity index (χ0v) is 16.4. The Morgan fingerprint density at radius 2 is 1.58 bits per heavy atom. The van der Waals surface area contributed by atoms with E-state index in [4.69, 9.17) is 4.52 Å². The average Bonchev–Trinajstić information content (AvgIpc) is 3.29. The van der Waals surface area contributed by atoms with E-state index in [1.54, 1.807) is 6.07 Å². The molecule has 1 aromatic heterocycles. The van der Waals surface area contributed by atoms with Crippen molar-refractivity contribution in [2.75, 3.05) is 26.2 Å². The summed E-state index contributed by atoms with van der Waals surface area (Å²) in [5.74, 6) is -2.88. The van der Waals surface area contributed by atoms with Gasteiger partial charge in [-0.2, -0.15) is 0 Å². The number of aromatic nitrogens is 1. The van der Waals surface area contributed by atoms with Crippen LogP contribution in [0.2, 0.25) is 0 Å². The van der Waals surface area contributed by atoms with Gasteiger partial charge in [0.05, 0.1) is 11.1 Å². The van der Waals surface area contributed by atoms with Crippen LogP contribution in [-0.4, -0.2) is 52.9 Å². The Morgan fingerprint density at radius 1 is 0.935 bits per heavy atom. The highest BCUT2D eigenvalue weighted by Crippen LogP contribution is 2.33. The standard InChI is InChI=1S/C22H18F3N3O3/c23-13-1-2-14-17(11-13)26-31-20(14)12-5-7-27(8-6-12)9-10-28-21(29)18-15(24)3-4-16(25)19(18)22(28)30/h1-4,11-12H,5-10H2. The molecule has 6 nitrogen and oxygen atoms in total. The largest absolute Gasteiger partial charge is 0.360 e. The molecule has 2 aliphatic rings. The van der Waals surface area contributed by atoms with E-state index in [0.29, 0.717) is 25.2 Å². The molecule has 0 bridgehead atoms. The van der Waals surface area contributed by atoms with Crippen molar-refractivity contribution in [3.63, 3.8) is 0 Å². The Hall–Kier alpha value is -3.20. The van der Waals surface area contributed by atoms with E-state index in [-0.39, 0.29) is 18.3 Å². The molecular formula is C22H18F3N3O3. The van der Waals surface area contributed by atoms with Crippen LogP contribution in [0.1, 0.15) is 45.2 Å². The van der Waals surface area contributed by atoms with Gasteiger partial charge in [0.2, 0.25) is 0 Å². The molecule has 2 amide bonds. The molecule has 5 rings (SSSR count). The van der Waals surface area contributed by atoms with Crippen LogP contribution in [0, 0.1) is 17.5 Å². The van der Waals surface area contributed by atoms with Crippen LogP contribution in [0.4, 0.5) is 13.2 Å². The highest BCUT2D eigenvalue weighted by atomic mass is 19.1. The van der Waals surface area contributed by atoms with Gasteiger partial charge >= 0.3 is 0 Å². The number of piperidine rings is 1. The fourth-order valence-corrected chi connectivity index (χ4v) is 4.43. The summed E-state index contributed by atoms with van der Waals surface area (Å²) in [5.41, 5.74) is -0.489. The first-order valence-corrected chi connectivity index (χ1v) is 10.1. The van der Waals surface area contributed by atoms with Crippen molar-refractivity contribution >= 4 is 22.7 Å². The van der Waals surface area contributed by atoms with Crippen molar-refractivity contribution in [2.45, 2.75) is 18.8 Å². The first-order chi connectivity index (χ1) is 14.9. The lowest BCUT2D eigenvalue weighted by molar-refractivity contribution is 0.0626. The van der Waals surface area contributed by atoms with Crippen molar-refractivity contribution in [1.82, 2.24) is 15.0 Å². The fourth-order valence-electron chi connectivity index (χ4n) is 4.43. The van der Waals surface area contributed by atoms with E-state index in [2.05, 4.69) is 10.1 Å². The second kappa shape index (κ2) is 7.49. The van der Waals surface area contributed by atoms with Crippen LogP contribution in [-0.2, 0) is 0 Å². The molecule has 3 aromatic rings. The van der Waals surface area contributed by atoms with Gasteiger partial charge in [-0.3, -0.25) is 14.5 Å². The number of hydrogen-bond acceptors (Lipinski definition) is 5. The number of halogens is 3. The highest BCUT2D eigenvalue weighted by Gasteiger charge is 2.40. The van der Waals surface area contributed by atoms with Gasteiger partial charge < -0.3 is 9.42 Å². The predicted molar refractivity (Wildman–Crippen MR) is 104 cm³/mol. The van der Waals surface area contributed by atoms with Gasteiger partial charge in [0, 0.05) is 30.5 Å². The molecule has 31 heavy (non-hydrogen) atoms. The van der Waals surface area contributed by atoms with Crippen LogP contribution in [0.15, 0.2) is 34.9 Å². The van der Waals surface area contributed by atoms with Gasteiger partial charge in [0.1, 0.15) is 28.7 Å². The molecule has 0 spiro atoms. The zero-order chi connectivity index (χ0) is 21.7. The number of likely N-dealkylation sites (tertiary alicyclic amines) is 1. The van der Waals surface area contributed by atoms with Crippen LogP contribution in [0.5, 0.6) is 0 Å². The molecule has 9 heteroatoms. The molecule has 0 radical (unpaired) electrons. The Labute approximate surface area is 175 Å². The minimum Gasteiger partial charge on any atom is -0.360 e. The van der Waals surface area contributed by atoms with Crippen molar-refractivity contribution < 1.29 is 27.3 Å². The quantitative estimate of drug-likeness (QED) is 0.592. The van der Waals surface area contributed by atoms with Gasteiger partial charge in [-0.25, -0.2) is 13.2 Å². The third kappa shape index (κ3) is 3.29. The molecule has 0 aliphatic carbocycles. The Balaban J connectivity index is 1.22. The predicted octanol–water partition coefficient (Wildman–Crippen LogP) is 3.72. The number of nitrogens with zero attached hydrogens (tertiary/aromatic N) is 3. The summed E-state index contributed by atoms with van der Waals surface area (Å²) in [6.45, 7) is 1.85. The maximum atomic E-state index is 14.0. The second-order valence-corrected chi connectivity index (χ2v) is 7.87. The fraction of sp³-hybridized carbons (Fsp3) is 0.318. The monoisotopic (exact) mass is 429 g/mol. The normalized spacial score (nSPS) is 17.7. The maximum Gasteiger partial charge on any atom is 0.264 e. The lowest BCUT2D eigenvalue weighted by Crippen LogP contribution is -2.41. The molecule has 1 fully saturated rings. The van der Waals surface area contributed by atoms with Gasteiger partial charge in [0.15, 0.2) is 0 Å². The first kappa shape index (κ1) is 19.7. The Bertz CT molecular complexity index is 1160. The third-order valence-electron chi connectivity index (χ3n) is 6.09. The van der Waals surface area contributed by atoms with E-state index < -0.39 is 34.6 Å². The summed E-state index contributed by atoms with van der Waals surface area (Å²) in [5, 5.41) is 4.74. The summed E-state index contributed by atoms with van der Waals surface area (Å²) in [7, 11) is 0. The van der Waals surface area contributed by atoms with Crippen LogP contribution in [0.3, 0.4) is 0 Å². The minimum atomic E-state index is -0.891. The number of rotatable bonds is 4. The average molecular weight is 429 g/mol. The molecule has 2 aliphatic heterocycles. The Kier molecular flexibility index (Phi) is 4.77. The first-order valence-electron chi connectivity index (χ1n) is 10.1. The molecule has 1 saturated heterocycles. The molecule has 0 atom stereocenters. The maximum absolute atomic E-state index is 14.0. The lowest BCUT2D eigenvalue weighted by atomic mass is 9.92. The number of hydrogen-bond donors (Lipinski definition) is 0. The number of imide groups is 1. The van der Waals surface area contributed by atoms with Crippen molar-refractivity contribution in [3.05, 3.63) is 64.7 Å². The number of carbonyl (C=O) groups is 2. The van der Waals surface area contributed by atoms with Crippen LogP contribution in [0.25, 0.3) is 10.9 Å². The molecule has 0 unspecified atom stereocenters. The van der Waals surface area contributed by atoms with Crippen molar-refractivity contribution in [3.8, 4) is 0 Å². The summed E-state index contributed by atoms with van der Waals surface area (Å²) in [6, 6.07) is 6.10. The number of amides is 2. The van der Waals surface area contributed by atoms with Gasteiger partial charge in [0.25, 0.3) is 11.8 Å². The van der Waals surface area contributed by atoms with Crippen molar-refractivity contribution in [2.24, 2.45) is 0 Å². The SMILES string of the molecule is O=C1c2c(F)ccc(F)c2C(=O)N1CCN1CCC(c2onc3cc(F)ccc23)CC1. The smallest absolute Gasteiger partial charge is 0.264 e. The number of fused-ring (bicyclic) bond motifs is 2. The summed E-state index contributed by atoms with van der Waals surface area (Å²) >= 11 is 0. The molecule has 0 saturated carbocycles. The summed E-state index contributed by atoms with van der Waals surface area (Å²) < 4.78 is 46.7. The molecule has 160 valence electrons. The summed E-state index contributed by atoms with van der Waals surface area (Å²) in [4.78, 5) is 27.9. The number of benzene rings is 2. The second-order valence-electron chi connectivity index (χ2n) is 7.87. The molecular weight excluding hydrogens is 411 g/mol. The van der Waals surface area contributed by atoms with Crippen molar-refractivity contribution in [1.29, 1.82) is 0 Å². The van der Waals surface area contributed by atoms with E-state index in [9.17, 15) is 22.8 Å². The topological polar surface area (TPSA) is 66.7 Å². The van der Waals surface area contributed by atoms with Crippen LogP contribution >= 0.6 is 0 Å². The molecule has 2 aromatic carbocycles. The molecule has 3 heterocycles. The number of carbonyl (C=O) groups excluding carboxylic acids is 2. The van der Waals surface area contributed by atoms with E-state index >= 15 is 0 Å². The van der Waals surface area contributed by atoms with Gasteiger partial charge in [-0.15, -0.1) is 0 Å². The third-order valence-corrected chi connectivity index (χ3v) is 6.09. The minimum absolute atomic E-state index is 0.0560. The summed E-state index contributed by atoms with van der Waals surface area (Å²) in [6.07, 6.45) is 1.54. The molecule has 0 N–H and O–H groups in total. The Morgan fingerprint density at radius 3 is 2.23 bits per heavy atom. The van der Waals surface area contributed by atoms with Gasteiger partial charge in [-0.1, -0.05) is 5.16 Å². The lowest BCUT2D eigenvalue weighted by Gasteiger charge is -2.31. The zero-order valence-electron chi connectivity index (χ0n) is 16.4. The van der Waals surface area contributed by atoms with Crippen LogP contribution < -0.4 is 0 Å². The van der Waals surface area contributed by atoms with E-state index in [0.717, 1.165) is 41.0 Å². The van der Waals surface area contributed by atoms with Gasteiger partial charge in [-0.05, 0) is 50.2 Å². The highest BCUT2D eigenvalue weighted by molar-refractivity contribution is 6.21. The van der Waals surface area contributed by atoms with E-state index in [1.807, 2.05) is 0 Å². The van der Waals surface area contributed by atoms with E-state index in [1.165, 1.54) is 12.1 Å².